The number of hydrogen-bond acceptors (Lipinski definition) is 13. The quantitative estimate of drug-likeness (QED) is 0.0369. The second-order valence-corrected chi connectivity index (χ2v) is 23.7. The van der Waals surface area contributed by atoms with Gasteiger partial charge in [-0.1, -0.05) is 120 Å². The van der Waals surface area contributed by atoms with Crippen molar-refractivity contribution in [2.75, 3.05) is 39.7 Å². The van der Waals surface area contributed by atoms with E-state index < -0.39 is 114 Å². The fourth-order valence-electron chi connectivity index (χ4n) is 9.38. The number of Topliss-reactive ketones (excluding diaryl/α,β-unsaturated/α-hetero) is 2. The number of ketones is 2. The van der Waals surface area contributed by atoms with E-state index in [4.69, 9.17) is 13.4 Å². The van der Waals surface area contributed by atoms with E-state index in [1.165, 1.54) is 25.8 Å². The number of rotatable bonds is 28. The number of likely N-dealkylation sites (tertiary alicyclic amines) is 1. The van der Waals surface area contributed by atoms with Crippen molar-refractivity contribution in [1.82, 2.24) is 30.4 Å². The topological polar surface area (TPSA) is 238 Å². The summed E-state index contributed by atoms with van der Waals surface area (Å²) in [6.07, 6.45) is 3.08. The first-order valence-corrected chi connectivity index (χ1v) is 29.4. The molecule has 2 heterocycles. The van der Waals surface area contributed by atoms with Crippen LogP contribution in [-0.4, -0.2) is 107 Å². The Morgan fingerprint density at radius 1 is 0.795 bits per heavy atom. The van der Waals surface area contributed by atoms with Crippen molar-refractivity contribution in [1.29, 1.82) is 0 Å². The van der Waals surface area contributed by atoms with Gasteiger partial charge in [-0.3, -0.25) is 33.3 Å². The number of nitrogens with zero attached hydrogens (tertiary/aromatic N) is 3. The van der Waals surface area contributed by atoms with Gasteiger partial charge in [0.05, 0.1) is 36.7 Å². The molecule has 0 bridgehead atoms. The first-order valence-electron chi connectivity index (χ1n) is 24.4. The summed E-state index contributed by atoms with van der Waals surface area (Å²) in [7, 11) is -6.26. The molecule has 21 heteroatoms. The van der Waals surface area contributed by atoms with Crippen molar-refractivity contribution in [2.24, 2.45) is 30.7 Å². The maximum Gasteiger partial charge on any atom is 0.513 e. The van der Waals surface area contributed by atoms with Crippen LogP contribution in [0.4, 0.5) is 0 Å². The van der Waals surface area contributed by atoms with E-state index in [0.717, 1.165) is 13.3 Å². The molecule has 392 valence electrons. The summed E-state index contributed by atoms with van der Waals surface area (Å²) in [5, 5.41) is 8.37. The lowest BCUT2D eigenvalue weighted by molar-refractivity contribution is -0.139. The van der Waals surface area contributed by atoms with Crippen LogP contribution in [0.25, 0.3) is 0 Å². The highest BCUT2D eigenvalue weighted by atomic mass is 31.3. The predicted molar refractivity (Wildman–Crippen MR) is 277 cm³/mol. The Morgan fingerprint density at radius 3 is 1.79 bits per heavy atom. The molecular weight excluding hydrogens is 994 g/mol. The summed E-state index contributed by atoms with van der Waals surface area (Å²) in [6.45, 7) is 8.99. The molecular formula is C52H69N6O12P3+2. The van der Waals surface area contributed by atoms with Crippen molar-refractivity contribution in [2.45, 2.75) is 89.9 Å². The molecule has 4 amide bonds. The molecule has 0 aliphatic carbocycles. The summed E-state index contributed by atoms with van der Waals surface area (Å²) < 4.78 is 57.4. The summed E-state index contributed by atoms with van der Waals surface area (Å²) in [6, 6.07) is 24.8. The van der Waals surface area contributed by atoms with E-state index in [0.29, 0.717) is 41.8 Å². The zero-order valence-corrected chi connectivity index (χ0v) is 45.5. The van der Waals surface area contributed by atoms with Crippen molar-refractivity contribution >= 4 is 58.8 Å². The van der Waals surface area contributed by atoms with Crippen LogP contribution in [-0.2, 0) is 74.9 Å². The molecule has 3 aromatic carbocycles. The molecule has 1 aromatic heterocycles. The van der Waals surface area contributed by atoms with Crippen molar-refractivity contribution in [3.8, 4) is 0 Å². The molecule has 73 heavy (non-hydrogen) atoms. The van der Waals surface area contributed by atoms with Gasteiger partial charge in [0.15, 0.2) is 24.9 Å². The van der Waals surface area contributed by atoms with E-state index in [2.05, 4.69) is 20.9 Å². The van der Waals surface area contributed by atoms with Gasteiger partial charge in [-0.05, 0) is 56.9 Å². The molecule has 8 atom stereocenters. The van der Waals surface area contributed by atoms with Crippen LogP contribution < -0.4 is 16.0 Å². The lowest BCUT2D eigenvalue weighted by Gasteiger charge is -2.37. The van der Waals surface area contributed by atoms with Crippen LogP contribution in [0.5, 0.6) is 0 Å². The Morgan fingerprint density at radius 2 is 1.33 bits per heavy atom. The molecule has 1 aliphatic heterocycles. The first kappa shape index (κ1) is 58.3. The van der Waals surface area contributed by atoms with Crippen LogP contribution in [0.1, 0.15) is 82.2 Å². The third kappa shape index (κ3) is 16.2. The van der Waals surface area contributed by atoms with Crippen molar-refractivity contribution < 1.29 is 55.8 Å². The molecule has 5 rings (SSSR count). The highest BCUT2D eigenvalue weighted by molar-refractivity contribution is 7.66. The molecule has 4 aromatic rings. The molecule has 0 saturated carbocycles. The zero-order chi connectivity index (χ0) is 53.5. The van der Waals surface area contributed by atoms with E-state index >= 15 is 9.59 Å². The third-order valence-electron chi connectivity index (χ3n) is 12.8. The Labute approximate surface area is 429 Å². The molecule has 3 N–H and O–H groups in total. The van der Waals surface area contributed by atoms with Crippen molar-refractivity contribution in [3.63, 3.8) is 0 Å². The molecule has 1 aliphatic rings. The van der Waals surface area contributed by atoms with Gasteiger partial charge in [-0.25, -0.2) is 4.98 Å². The largest absolute Gasteiger partial charge is 0.513 e. The van der Waals surface area contributed by atoms with Crippen LogP contribution in [0.3, 0.4) is 0 Å². The summed E-state index contributed by atoms with van der Waals surface area (Å²) in [5.41, 5.74) is 1.19. The highest BCUT2D eigenvalue weighted by Crippen LogP contribution is 2.61. The number of nitrogens with one attached hydrogen (secondary N) is 3. The van der Waals surface area contributed by atoms with Gasteiger partial charge in [0, 0.05) is 58.9 Å². The maximum absolute atomic E-state index is 15.2. The average Bonchev–Trinajstić information content (AvgIpc) is 4.02. The molecule has 1 saturated heterocycles. The van der Waals surface area contributed by atoms with Gasteiger partial charge in [-0.2, -0.15) is 0 Å². The maximum atomic E-state index is 15.2. The molecule has 1 fully saturated rings. The summed E-state index contributed by atoms with van der Waals surface area (Å²) in [4.78, 5) is 90.7. The number of benzene rings is 3. The Kier molecular flexibility index (Phi) is 21.6. The number of ether oxygens (including phenoxy) is 1. The van der Waals surface area contributed by atoms with E-state index in [9.17, 15) is 32.9 Å². The second kappa shape index (κ2) is 27.1. The number of amides is 4. The monoisotopic (exact) mass is 1060 g/mol. The van der Waals surface area contributed by atoms with Gasteiger partial charge < -0.3 is 30.2 Å². The highest BCUT2D eigenvalue weighted by Gasteiger charge is 2.46. The number of carbonyl (C=O) groups is 6. The van der Waals surface area contributed by atoms with Crippen molar-refractivity contribution in [3.05, 3.63) is 126 Å². The lowest BCUT2D eigenvalue weighted by Crippen LogP contribution is -2.52. The first-order chi connectivity index (χ1) is 34.7. The van der Waals surface area contributed by atoms with Gasteiger partial charge in [0.2, 0.25) is 23.6 Å². The number of aromatic nitrogens is 2. The van der Waals surface area contributed by atoms with E-state index in [1.54, 1.807) is 24.1 Å². The Bertz CT molecular complexity index is 2500. The van der Waals surface area contributed by atoms with E-state index in [-0.39, 0.29) is 31.1 Å². The van der Waals surface area contributed by atoms with Gasteiger partial charge in [-0.15, -0.1) is 0 Å². The number of hydrogen-bond donors (Lipinski definition) is 3. The predicted octanol–water partition coefficient (Wildman–Crippen LogP) is 7.50. The fourth-order valence-corrected chi connectivity index (χ4v) is 14.1. The normalized spacial score (nSPS) is 17.1. The summed E-state index contributed by atoms with van der Waals surface area (Å²) in [5.74, 6) is -6.57. The second-order valence-electron chi connectivity index (χ2n) is 19.0. The van der Waals surface area contributed by atoms with E-state index in [1.807, 2.05) is 105 Å². The SMILES string of the molecule is CNC(=O)[C@@H](CC(=O)[C@H](COC(c1ccccc1)(c1ccccc1)c1ccccc1)NC(=O)[C@@H](CC(=O)[C@H](CC(C)C)NC(=O)[C@@H]1CCCN1C(C)=O)Cc1cn(C)cn1)[C@@H](C)CP(=O)(O[P+](C)=O)O[P+](C)=O. The molecule has 0 radical (unpaired) electrons. The lowest BCUT2D eigenvalue weighted by atomic mass is 9.80. The minimum atomic E-state index is -4.35. The van der Waals surface area contributed by atoms with Crippen LogP contribution in [0, 0.1) is 23.7 Å². The van der Waals surface area contributed by atoms with Crippen LogP contribution in [0.2, 0.25) is 0 Å². The summed E-state index contributed by atoms with van der Waals surface area (Å²) >= 11 is 0. The number of imidazole rings is 1. The number of aryl methyl sites for hydroxylation is 1. The minimum absolute atomic E-state index is 0.0438. The molecule has 18 nitrogen and oxygen atoms in total. The Hall–Kier alpha value is -5.60. The zero-order valence-electron chi connectivity index (χ0n) is 42.8. The average molecular weight is 1060 g/mol. The van der Waals surface area contributed by atoms with Crippen LogP contribution in [0.15, 0.2) is 104 Å². The van der Waals surface area contributed by atoms with Gasteiger partial charge in [0.1, 0.15) is 17.7 Å². The van der Waals surface area contributed by atoms with Crippen LogP contribution >= 0.6 is 23.7 Å². The minimum Gasteiger partial charge on any atom is -0.359 e. The van der Waals surface area contributed by atoms with Gasteiger partial charge in [0.25, 0.3) is 0 Å². The standard InChI is InChI=1S/C52H67N6O12P3/c1-35(2)27-44(55-51(64)46-25-18-26-58(46)37(4)59)47(60)29-38(28-42-31-57(6)34-54-42)49(62)56-45(48(61)30-43(50(63)53-5)36(3)33-73(67,69-71(7)65)70-72(8)66)32-68-52(39-19-12-9-13-20-39,40-21-14-10-15-22-40)41-23-16-11-17-24-41/h9-17,19-24,31,34-36,38,43-46H,18,25-30,32-33H2,1-8H3,(H-2,53,55,56,62,63,64)/p+2/t36-,38+,43-,44-,45-,46-/m0/s1. The fraction of sp³-hybridized carbons (Fsp3) is 0.481. The third-order valence-corrected chi connectivity index (χ3v) is 17.7. The smallest absolute Gasteiger partial charge is 0.359 e. The number of carbonyl (C=O) groups excluding carboxylic acids is 6. The molecule has 0 spiro atoms. The Balaban J connectivity index is 1.58. The molecule has 2 unspecified atom stereocenters. The van der Waals surface area contributed by atoms with Gasteiger partial charge >= 0.3 is 23.7 Å².